The maximum Gasteiger partial charge on any atom is 0.363 e. The third kappa shape index (κ3) is 2.69. The molecule has 86 valence electrons. The second-order valence-electron chi connectivity index (χ2n) is 3.21. The minimum Gasteiger partial charge on any atom is -0.508 e. The Morgan fingerprint density at radius 3 is 2.65 bits per heavy atom. The van der Waals surface area contributed by atoms with Gasteiger partial charge in [0.1, 0.15) is 11.5 Å². The second kappa shape index (κ2) is 4.48. The number of phenolic OH excluding ortho intramolecular Hbond substituents is 1. The first-order valence-corrected chi connectivity index (χ1v) is 4.72. The van der Waals surface area contributed by atoms with Gasteiger partial charge in [0.2, 0.25) is 0 Å². The van der Waals surface area contributed by atoms with Crippen molar-refractivity contribution in [3.8, 4) is 17.2 Å². The molecule has 1 heterocycles. The average molecular weight is 232 g/mol. The van der Waals surface area contributed by atoms with E-state index in [1.165, 1.54) is 30.5 Å². The molecular weight excluding hydrogens is 224 g/mol. The van der Waals surface area contributed by atoms with Gasteiger partial charge in [0.25, 0.3) is 0 Å². The molecule has 0 unspecified atom stereocenters. The highest BCUT2D eigenvalue weighted by molar-refractivity contribution is 5.36. The van der Waals surface area contributed by atoms with Gasteiger partial charge in [-0.15, -0.1) is 0 Å². The van der Waals surface area contributed by atoms with Crippen LogP contribution in [0, 0.1) is 10.1 Å². The Hall–Kier alpha value is -2.63. The molecule has 0 aliphatic heterocycles. The van der Waals surface area contributed by atoms with Crippen LogP contribution in [0.25, 0.3) is 0 Å². The third-order valence-corrected chi connectivity index (χ3v) is 1.96. The Bertz CT molecular complexity index is 539. The summed E-state index contributed by atoms with van der Waals surface area (Å²) in [5, 5.41) is 19.6. The molecule has 0 aliphatic carbocycles. The lowest BCUT2D eigenvalue weighted by Gasteiger charge is -2.03. The Morgan fingerprint density at radius 2 is 2.06 bits per heavy atom. The highest BCUT2D eigenvalue weighted by Gasteiger charge is 2.07. The Balaban J connectivity index is 2.16. The zero-order valence-corrected chi connectivity index (χ0v) is 8.61. The van der Waals surface area contributed by atoms with Crippen molar-refractivity contribution < 1.29 is 14.8 Å². The fraction of sp³-hybridized carbons (Fsp3) is 0. The summed E-state index contributed by atoms with van der Waals surface area (Å²) in [6.07, 6.45) is 1.25. The molecule has 0 bridgehead atoms. The van der Waals surface area contributed by atoms with Crippen molar-refractivity contribution in [2.75, 3.05) is 0 Å². The van der Waals surface area contributed by atoms with Crippen LogP contribution in [0.1, 0.15) is 0 Å². The van der Waals surface area contributed by atoms with Crippen LogP contribution in [0.2, 0.25) is 0 Å². The molecule has 6 nitrogen and oxygen atoms in total. The fourth-order valence-electron chi connectivity index (χ4n) is 1.22. The predicted octanol–water partition coefficient (Wildman–Crippen LogP) is 2.49. The summed E-state index contributed by atoms with van der Waals surface area (Å²) < 4.78 is 5.35. The van der Waals surface area contributed by atoms with E-state index in [1.807, 2.05) is 0 Å². The molecule has 1 N–H and O–H groups in total. The number of pyridine rings is 1. The van der Waals surface area contributed by atoms with E-state index in [-0.39, 0.29) is 11.6 Å². The summed E-state index contributed by atoms with van der Waals surface area (Å²) in [6, 6.07) is 8.92. The minimum absolute atomic E-state index is 0.0809. The van der Waals surface area contributed by atoms with Crippen LogP contribution in [-0.2, 0) is 0 Å². The van der Waals surface area contributed by atoms with Crippen molar-refractivity contribution in [1.82, 2.24) is 4.98 Å². The van der Waals surface area contributed by atoms with Gasteiger partial charge in [-0.3, -0.25) is 0 Å². The standard InChI is InChI=1S/C11H8N2O4/c14-8-2-1-3-9(6-8)17-10-4-5-11(12-7-10)13(15)16/h1-7,14H. The highest BCUT2D eigenvalue weighted by Crippen LogP contribution is 2.24. The van der Waals surface area contributed by atoms with Gasteiger partial charge in [0.15, 0.2) is 11.9 Å². The summed E-state index contributed by atoms with van der Waals surface area (Å²) in [6.45, 7) is 0. The number of ether oxygens (including phenoxy) is 1. The molecule has 0 saturated carbocycles. The van der Waals surface area contributed by atoms with E-state index in [9.17, 15) is 15.2 Å². The maximum atomic E-state index is 10.4. The zero-order chi connectivity index (χ0) is 12.3. The van der Waals surface area contributed by atoms with E-state index in [2.05, 4.69) is 4.98 Å². The molecule has 6 heteroatoms. The van der Waals surface area contributed by atoms with Gasteiger partial charge in [-0.25, -0.2) is 0 Å². The first-order valence-electron chi connectivity index (χ1n) is 4.72. The summed E-state index contributed by atoms with van der Waals surface area (Å²) in [5.74, 6) is 0.632. The van der Waals surface area contributed by atoms with Gasteiger partial charge in [-0.2, -0.15) is 0 Å². The lowest BCUT2D eigenvalue weighted by Crippen LogP contribution is -1.92. The van der Waals surface area contributed by atoms with E-state index in [0.717, 1.165) is 0 Å². The number of benzene rings is 1. The Morgan fingerprint density at radius 1 is 1.24 bits per heavy atom. The number of hydrogen-bond acceptors (Lipinski definition) is 5. The number of phenols is 1. The van der Waals surface area contributed by atoms with Crippen LogP contribution in [-0.4, -0.2) is 15.0 Å². The second-order valence-corrected chi connectivity index (χ2v) is 3.21. The summed E-state index contributed by atoms with van der Waals surface area (Å²) in [7, 11) is 0. The van der Waals surface area contributed by atoms with Crippen molar-refractivity contribution in [2.45, 2.75) is 0 Å². The molecule has 0 radical (unpaired) electrons. The van der Waals surface area contributed by atoms with Gasteiger partial charge >= 0.3 is 5.82 Å². The predicted molar refractivity (Wildman–Crippen MR) is 59.1 cm³/mol. The summed E-state index contributed by atoms with van der Waals surface area (Å²) >= 11 is 0. The number of nitrogens with zero attached hydrogens (tertiary/aromatic N) is 2. The fourth-order valence-corrected chi connectivity index (χ4v) is 1.22. The van der Waals surface area contributed by atoms with Crippen LogP contribution in [0.4, 0.5) is 5.82 Å². The molecule has 0 fully saturated rings. The summed E-state index contributed by atoms with van der Waals surface area (Å²) in [4.78, 5) is 13.4. The van der Waals surface area contributed by atoms with Crippen molar-refractivity contribution >= 4 is 5.82 Å². The summed E-state index contributed by atoms with van der Waals surface area (Å²) in [5.41, 5.74) is 0. The maximum absolute atomic E-state index is 10.4. The molecule has 0 aliphatic rings. The zero-order valence-electron chi connectivity index (χ0n) is 8.61. The lowest BCUT2D eigenvalue weighted by molar-refractivity contribution is -0.389. The molecule has 0 atom stereocenters. The van der Waals surface area contributed by atoms with Gasteiger partial charge in [0, 0.05) is 12.1 Å². The number of aromatic hydroxyl groups is 1. The number of hydrogen-bond donors (Lipinski definition) is 1. The minimum atomic E-state index is -0.585. The number of rotatable bonds is 3. The molecule has 17 heavy (non-hydrogen) atoms. The first kappa shape index (κ1) is 10.9. The van der Waals surface area contributed by atoms with Crippen LogP contribution < -0.4 is 4.74 Å². The van der Waals surface area contributed by atoms with Crippen LogP contribution in [0.5, 0.6) is 17.2 Å². The Kier molecular flexibility index (Phi) is 2.87. The molecule has 0 amide bonds. The number of nitro groups is 1. The van der Waals surface area contributed by atoms with E-state index >= 15 is 0 Å². The molecule has 1 aromatic heterocycles. The normalized spacial score (nSPS) is 9.88. The topological polar surface area (TPSA) is 85.5 Å². The molecular formula is C11H8N2O4. The smallest absolute Gasteiger partial charge is 0.363 e. The van der Waals surface area contributed by atoms with Gasteiger partial charge in [0.05, 0.1) is 0 Å². The van der Waals surface area contributed by atoms with Gasteiger partial charge < -0.3 is 20.0 Å². The van der Waals surface area contributed by atoms with E-state index < -0.39 is 4.92 Å². The quantitative estimate of drug-likeness (QED) is 0.649. The van der Waals surface area contributed by atoms with Gasteiger partial charge in [-0.1, -0.05) is 6.07 Å². The van der Waals surface area contributed by atoms with Crippen LogP contribution >= 0.6 is 0 Å². The monoisotopic (exact) mass is 232 g/mol. The van der Waals surface area contributed by atoms with E-state index in [4.69, 9.17) is 4.74 Å². The SMILES string of the molecule is O=[N+]([O-])c1ccc(Oc2cccc(O)c2)cn1. The Labute approximate surface area is 96.3 Å². The van der Waals surface area contributed by atoms with E-state index in [0.29, 0.717) is 11.5 Å². The first-order chi connectivity index (χ1) is 8.15. The molecule has 1 aromatic carbocycles. The number of aromatic nitrogens is 1. The highest BCUT2D eigenvalue weighted by atomic mass is 16.6. The molecule has 2 rings (SSSR count). The third-order valence-electron chi connectivity index (χ3n) is 1.96. The van der Waals surface area contributed by atoms with Crippen molar-refractivity contribution in [3.63, 3.8) is 0 Å². The van der Waals surface area contributed by atoms with Crippen molar-refractivity contribution in [3.05, 3.63) is 52.7 Å². The average Bonchev–Trinajstić information content (AvgIpc) is 2.29. The van der Waals surface area contributed by atoms with Gasteiger partial charge in [-0.05, 0) is 28.1 Å². The molecule has 0 saturated heterocycles. The van der Waals surface area contributed by atoms with Crippen molar-refractivity contribution in [1.29, 1.82) is 0 Å². The van der Waals surface area contributed by atoms with E-state index in [1.54, 1.807) is 12.1 Å². The van der Waals surface area contributed by atoms with Crippen molar-refractivity contribution in [2.24, 2.45) is 0 Å². The van der Waals surface area contributed by atoms with Crippen LogP contribution in [0.15, 0.2) is 42.6 Å². The lowest BCUT2D eigenvalue weighted by atomic mass is 10.3. The molecule has 2 aromatic rings. The largest absolute Gasteiger partial charge is 0.508 e. The van der Waals surface area contributed by atoms with Crippen LogP contribution in [0.3, 0.4) is 0 Å². The molecule has 0 spiro atoms.